The normalized spacial score (nSPS) is 13.9. The van der Waals surface area contributed by atoms with Gasteiger partial charge in [0.25, 0.3) is 0 Å². The molecule has 0 N–H and O–H groups in total. The smallest absolute Gasteiger partial charge is 0.0410 e. The first kappa shape index (κ1) is 13.2. The van der Waals surface area contributed by atoms with Crippen LogP contribution in [0, 0.1) is 5.41 Å². The first-order valence-electron chi connectivity index (χ1n) is 5.12. The molecule has 0 saturated carbocycles. The van der Waals surface area contributed by atoms with E-state index in [9.17, 15) is 0 Å². The molecule has 0 saturated heterocycles. The van der Waals surface area contributed by atoms with Crippen molar-refractivity contribution in [2.75, 3.05) is 0 Å². The van der Waals surface area contributed by atoms with Crippen LogP contribution in [0.4, 0.5) is 0 Å². The van der Waals surface area contributed by atoms with E-state index in [1.807, 2.05) is 12.4 Å². The Morgan fingerprint density at radius 2 is 2.07 bits per heavy atom. The number of hydrogen-bond donors (Lipinski definition) is 0. The number of pyridine rings is 1. The molecule has 3 heteroatoms. The molecule has 0 aromatic carbocycles. The molecule has 0 fully saturated rings. The molecule has 1 atom stereocenters. The predicted octanol–water partition coefficient (Wildman–Crippen LogP) is 4.59. The Kier molecular flexibility index (Phi) is 4.78. The minimum Gasteiger partial charge on any atom is -0.263 e. The third-order valence-electron chi connectivity index (χ3n) is 2.28. The summed E-state index contributed by atoms with van der Waals surface area (Å²) < 4.78 is 1.06. The Morgan fingerprint density at radius 1 is 1.40 bits per heavy atom. The molecule has 1 aromatic rings. The van der Waals surface area contributed by atoms with E-state index in [1.54, 1.807) is 0 Å². The van der Waals surface area contributed by atoms with E-state index in [1.165, 1.54) is 12.0 Å². The molecular formula is C12H17Br2N. The van der Waals surface area contributed by atoms with Crippen LogP contribution in [-0.4, -0.2) is 9.81 Å². The average Bonchev–Trinajstić information content (AvgIpc) is 1.99. The van der Waals surface area contributed by atoms with Crippen molar-refractivity contribution >= 4 is 31.9 Å². The molecule has 0 aliphatic heterocycles. The number of alkyl halides is 1. The second-order valence-corrected chi connectivity index (χ2v) is 7.32. The van der Waals surface area contributed by atoms with Crippen LogP contribution in [0.2, 0.25) is 0 Å². The largest absolute Gasteiger partial charge is 0.263 e. The first-order valence-corrected chi connectivity index (χ1v) is 6.83. The van der Waals surface area contributed by atoms with Crippen molar-refractivity contribution in [1.29, 1.82) is 0 Å². The van der Waals surface area contributed by atoms with E-state index in [0.29, 0.717) is 10.2 Å². The van der Waals surface area contributed by atoms with Crippen molar-refractivity contribution in [2.45, 2.75) is 38.4 Å². The molecule has 0 aliphatic rings. The summed E-state index contributed by atoms with van der Waals surface area (Å²) in [6.07, 6.45) is 6.00. The standard InChI is InChI=1S/C12H17Br2N/c1-9(13)5-12(2,3)6-10-4-11(14)8-15-7-10/h4,7-9H,5-6H2,1-3H3. The molecule has 1 heterocycles. The monoisotopic (exact) mass is 333 g/mol. The highest BCUT2D eigenvalue weighted by Crippen LogP contribution is 2.30. The van der Waals surface area contributed by atoms with Crippen molar-refractivity contribution in [2.24, 2.45) is 5.41 Å². The molecule has 0 radical (unpaired) electrons. The fourth-order valence-corrected chi connectivity index (χ4v) is 3.23. The van der Waals surface area contributed by atoms with Gasteiger partial charge in [-0.3, -0.25) is 4.98 Å². The van der Waals surface area contributed by atoms with Gasteiger partial charge in [0.1, 0.15) is 0 Å². The van der Waals surface area contributed by atoms with Crippen LogP contribution >= 0.6 is 31.9 Å². The molecule has 1 nitrogen and oxygen atoms in total. The van der Waals surface area contributed by atoms with Crippen LogP contribution in [0.3, 0.4) is 0 Å². The predicted molar refractivity (Wildman–Crippen MR) is 72.4 cm³/mol. The Balaban J connectivity index is 2.68. The third-order valence-corrected chi connectivity index (χ3v) is 3.04. The summed E-state index contributed by atoms with van der Waals surface area (Å²) in [4.78, 5) is 4.75. The minimum atomic E-state index is 0.311. The van der Waals surface area contributed by atoms with Gasteiger partial charge in [-0.1, -0.05) is 36.7 Å². The van der Waals surface area contributed by atoms with Gasteiger partial charge in [0.05, 0.1) is 0 Å². The lowest BCUT2D eigenvalue weighted by Crippen LogP contribution is -2.18. The van der Waals surface area contributed by atoms with Crippen LogP contribution in [0.5, 0.6) is 0 Å². The summed E-state index contributed by atoms with van der Waals surface area (Å²) in [5.41, 5.74) is 1.60. The Bertz CT molecular complexity index is 321. The zero-order valence-electron chi connectivity index (χ0n) is 9.43. The lowest BCUT2D eigenvalue weighted by atomic mass is 9.82. The fraction of sp³-hybridized carbons (Fsp3) is 0.583. The van der Waals surface area contributed by atoms with Gasteiger partial charge in [-0.25, -0.2) is 0 Å². The summed E-state index contributed by atoms with van der Waals surface area (Å²) in [6.45, 7) is 6.79. The SMILES string of the molecule is CC(Br)CC(C)(C)Cc1cncc(Br)c1. The zero-order valence-corrected chi connectivity index (χ0v) is 12.6. The van der Waals surface area contributed by atoms with E-state index in [-0.39, 0.29) is 0 Å². The molecule has 0 amide bonds. The van der Waals surface area contributed by atoms with E-state index >= 15 is 0 Å². The number of hydrogen-bond acceptors (Lipinski definition) is 1. The highest BCUT2D eigenvalue weighted by Gasteiger charge is 2.20. The van der Waals surface area contributed by atoms with Gasteiger partial charge in [0.2, 0.25) is 0 Å². The van der Waals surface area contributed by atoms with Crippen LogP contribution in [-0.2, 0) is 6.42 Å². The van der Waals surface area contributed by atoms with Crippen molar-refractivity contribution in [3.05, 3.63) is 28.5 Å². The van der Waals surface area contributed by atoms with Gasteiger partial charge >= 0.3 is 0 Å². The lowest BCUT2D eigenvalue weighted by molar-refractivity contribution is 0.334. The van der Waals surface area contributed by atoms with E-state index < -0.39 is 0 Å². The highest BCUT2D eigenvalue weighted by atomic mass is 79.9. The number of rotatable bonds is 4. The first-order chi connectivity index (χ1) is 6.89. The highest BCUT2D eigenvalue weighted by molar-refractivity contribution is 9.10. The van der Waals surface area contributed by atoms with Gasteiger partial charge in [0, 0.05) is 21.7 Å². The molecule has 0 spiro atoms. The van der Waals surface area contributed by atoms with Gasteiger partial charge in [0.15, 0.2) is 0 Å². The van der Waals surface area contributed by atoms with E-state index in [2.05, 4.69) is 63.7 Å². The van der Waals surface area contributed by atoms with Crippen molar-refractivity contribution in [1.82, 2.24) is 4.98 Å². The topological polar surface area (TPSA) is 12.9 Å². The Hall–Kier alpha value is 0.110. The molecular weight excluding hydrogens is 318 g/mol. The molecule has 84 valence electrons. The van der Waals surface area contributed by atoms with Crippen LogP contribution in [0.15, 0.2) is 22.9 Å². The number of halogens is 2. The molecule has 1 aromatic heterocycles. The van der Waals surface area contributed by atoms with Gasteiger partial charge < -0.3 is 0 Å². The molecule has 1 rings (SSSR count). The molecule has 0 bridgehead atoms. The van der Waals surface area contributed by atoms with Crippen LogP contribution in [0.1, 0.15) is 32.8 Å². The van der Waals surface area contributed by atoms with Crippen molar-refractivity contribution in [3.63, 3.8) is 0 Å². The van der Waals surface area contributed by atoms with Crippen molar-refractivity contribution in [3.8, 4) is 0 Å². The summed E-state index contributed by atoms with van der Waals surface area (Å²) >= 11 is 7.06. The molecule has 1 unspecified atom stereocenters. The summed E-state index contributed by atoms with van der Waals surface area (Å²) in [5.74, 6) is 0. The lowest BCUT2D eigenvalue weighted by Gasteiger charge is -2.26. The molecule has 15 heavy (non-hydrogen) atoms. The summed E-state index contributed by atoms with van der Waals surface area (Å²) in [6, 6.07) is 2.15. The third kappa shape index (κ3) is 5.12. The zero-order chi connectivity index (χ0) is 11.5. The molecule has 0 aliphatic carbocycles. The Morgan fingerprint density at radius 3 is 2.60 bits per heavy atom. The maximum absolute atomic E-state index is 4.19. The van der Waals surface area contributed by atoms with Crippen LogP contribution in [0.25, 0.3) is 0 Å². The maximum atomic E-state index is 4.19. The fourth-order valence-electron chi connectivity index (χ4n) is 1.94. The van der Waals surface area contributed by atoms with Gasteiger partial charge in [-0.2, -0.15) is 0 Å². The number of aromatic nitrogens is 1. The summed E-state index contributed by atoms with van der Waals surface area (Å²) in [7, 11) is 0. The quantitative estimate of drug-likeness (QED) is 0.734. The average molecular weight is 335 g/mol. The van der Waals surface area contributed by atoms with E-state index in [4.69, 9.17) is 0 Å². The summed E-state index contributed by atoms with van der Waals surface area (Å²) in [5, 5.41) is 0. The number of nitrogens with zero attached hydrogens (tertiary/aromatic N) is 1. The van der Waals surface area contributed by atoms with Crippen molar-refractivity contribution < 1.29 is 0 Å². The maximum Gasteiger partial charge on any atom is 0.0410 e. The van der Waals surface area contributed by atoms with E-state index in [0.717, 1.165) is 10.9 Å². The minimum absolute atomic E-state index is 0.311. The second kappa shape index (κ2) is 5.44. The Labute approximate surface area is 109 Å². The second-order valence-electron chi connectivity index (χ2n) is 4.84. The van der Waals surface area contributed by atoms with Crippen LogP contribution < -0.4 is 0 Å². The van der Waals surface area contributed by atoms with Gasteiger partial charge in [-0.15, -0.1) is 0 Å². The van der Waals surface area contributed by atoms with Gasteiger partial charge in [-0.05, 0) is 45.8 Å².